The summed E-state index contributed by atoms with van der Waals surface area (Å²) in [5, 5.41) is 0. The summed E-state index contributed by atoms with van der Waals surface area (Å²) >= 11 is 2.22. The molecule has 2 aromatic carbocycles. The highest BCUT2D eigenvalue weighted by atomic mass is 127. The van der Waals surface area contributed by atoms with E-state index >= 15 is 0 Å². The quantitative estimate of drug-likeness (QED) is 0.265. The standard InChI is InChI=1S/C21H18INO4/c1-13(2)12-26-19-11-14(4-9-18(19)25-3)10-17-21(24)27-20(23-17)15-5-7-16(22)8-6-15/h4-11H,1,12H2,2-3H3. The Morgan fingerprint density at radius 3 is 2.63 bits per heavy atom. The van der Waals surface area contributed by atoms with Crippen molar-refractivity contribution in [2.45, 2.75) is 6.92 Å². The Morgan fingerprint density at radius 1 is 1.22 bits per heavy atom. The summed E-state index contributed by atoms with van der Waals surface area (Å²) in [6.07, 6.45) is 1.66. The summed E-state index contributed by atoms with van der Waals surface area (Å²) in [5.74, 6) is 0.997. The van der Waals surface area contributed by atoms with Crippen molar-refractivity contribution >= 4 is 40.5 Å². The summed E-state index contributed by atoms with van der Waals surface area (Å²) in [6.45, 7) is 6.09. The van der Waals surface area contributed by atoms with E-state index < -0.39 is 5.97 Å². The number of cyclic esters (lactones) is 1. The molecule has 3 rings (SSSR count). The molecule has 138 valence electrons. The average Bonchev–Trinajstić information content (AvgIpc) is 3.01. The van der Waals surface area contributed by atoms with E-state index in [0.717, 1.165) is 20.3 Å². The average molecular weight is 475 g/mol. The maximum atomic E-state index is 12.2. The summed E-state index contributed by atoms with van der Waals surface area (Å²) < 4.78 is 17.4. The molecule has 2 aromatic rings. The van der Waals surface area contributed by atoms with Gasteiger partial charge in [-0.2, -0.15) is 0 Å². The minimum Gasteiger partial charge on any atom is -0.493 e. The van der Waals surface area contributed by atoms with Gasteiger partial charge in [0.2, 0.25) is 5.90 Å². The highest BCUT2D eigenvalue weighted by Gasteiger charge is 2.24. The summed E-state index contributed by atoms with van der Waals surface area (Å²) in [4.78, 5) is 16.5. The highest BCUT2D eigenvalue weighted by Crippen LogP contribution is 2.30. The topological polar surface area (TPSA) is 57.1 Å². The second-order valence-electron chi connectivity index (χ2n) is 6.00. The van der Waals surface area contributed by atoms with Gasteiger partial charge in [0.15, 0.2) is 17.2 Å². The molecule has 0 spiro atoms. The van der Waals surface area contributed by atoms with Crippen LogP contribution in [0.2, 0.25) is 0 Å². The molecule has 0 N–H and O–H groups in total. The molecule has 0 aliphatic carbocycles. The number of aliphatic imine (C=N–C) groups is 1. The van der Waals surface area contributed by atoms with E-state index in [0.29, 0.717) is 24.0 Å². The maximum absolute atomic E-state index is 12.2. The SMILES string of the molecule is C=C(C)COc1cc(C=C2N=C(c3ccc(I)cc3)OC2=O)ccc1OC. The number of methoxy groups -OCH3 is 1. The zero-order chi connectivity index (χ0) is 19.4. The van der Waals surface area contributed by atoms with E-state index in [1.165, 1.54) is 0 Å². The van der Waals surface area contributed by atoms with Crippen LogP contribution in [0.25, 0.3) is 6.08 Å². The van der Waals surface area contributed by atoms with Gasteiger partial charge in [-0.3, -0.25) is 0 Å². The molecule has 1 aliphatic rings. The number of hydrogen-bond acceptors (Lipinski definition) is 5. The number of rotatable bonds is 6. The summed E-state index contributed by atoms with van der Waals surface area (Å²) in [7, 11) is 1.58. The first-order chi connectivity index (χ1) is 13.0. The van der Waals surface area contributed by atoms with E-state index in [4.69, 9.17) is 14.2 Å². The summed E-state index contributed by atoms with van der Waals surface area (Å²) in [5.41, 5.74) is 2.64. The number of nitrogens with zero attached hydrogens (tertiary/aromatic N) is 1. The zero-order valence-corrected chi connectivity index (χ0v) is 17.1. The van der Waals surface area contributed by atoms with E-state index in [9.17, 15) is 4.79 Å². The Labute approximate surface area is 171 Å². The Morgan fingerprint density at radius 2 is 1.96 bits per heavy atom. The molecular weight excluding hydrogens is 457 g/mol. The van der Waals surface area contributed by atoms with Crippen LogP contribution in [0.15, 0.2) is 65.3 Å². The Balaban J connectivity index is 1.88. The van der Waals surface area contributed by atoms with Gasteiger partial charge in [-0.15, -0.1) is 0 Å². The van der Waals surface area contributed by atoms with Crippen molar-refractivity contribution < 1.29 is 19.0 Å². The van der Waals surface area contributed by atoms with Crippen LogP contribution in [0.1, 0.15) is 18.1 Å². The van der Waals surface area contributed by atoms with Gasteiger partial charge in [0.1, 0.15) is 6.61 Å². The molecule has 5 nitrogen and oxygen atoms in total. The van der Waals surface area contributed by atoms with E-state index in [2.05, 4.69) is 34.2 Å². The van der Waals surface area contributed by atoms with E-state index in [-0.39, 0.29) is 5.70 Å². The van der Waals surface area contributed by atoms with Crippen LogP contribution in [0.4, 0.5) is 0 Å². The zero-order valence-electron chi connectivity index (χ0n) is 15.0. The van der Waals surface area contributed by atoms with E-state index in [1.807, 2.05) is 37.3 Å². The van der Waals surface area contributed by atoms with E-state index in [1.54, 1.807) is 25.3 Å². The van der Waals surface area contributed by atoms with Gasteiger partial charge < -0.3 is 14.2 Å². The van der Waals surface area contributed by atoms with Gasteiger partial charge in [-0.1, -0.05) is 12.6 Å². The smallest absolute Gasteiger partial charge is 0.363 e. The van der Waals surface area contributed by atoms with Crippen molar-refractivity contribution in [2.24, 2.45) is 4.99 Å². The number of carbonyl (C=O) groups excluding carboxylic acids is 1. The fourth-order valence-corrected chi connectivity index (χ4v) is 2.74. The minimum atomic E-state index is -0.483. The maximum Gasteiger partial charge on any atom is 0.363 e. The molecule has 0 amide bonds. The van der Waals surface area contributed by atoms with Crippen molar-refractivity contribution in [3.8, 4) is 11.5 Å². The second-order valence-corrected chi connectivity index (χ2v) is 7.24. The van der Waals surface area contributed by atoms with Crippen molar-refractivity contribution in [3.05, 3.63) is 75.0 Å². The molecule has 27 heavy (non-hydrogen) atoms. The van der Waals surface area contributed by atoms with Crippen molar-refractivity contribution in [2.75, 3.05) is 13.7 Å². The van der Waals surface area contributed by atoms with Crippen LogP contribution in [-0.2, 0) is 9.53 Å². The molecule has 1 aliphatic heterocycles. The number of esters is 1. The summed E-state index contributed by atoms with van der Waals surface area (Å²) in [6, 6.07) is 13.0. The highest BCUT2D eigenvalue weighted by molar-refractivity contribution is 14.1. The first-order valence-electron chi connectivity index (χ1n) is 8.20. The van der Waals surface area contributed by atoms with Crippen molar-refractivity contribution in [1.82, 2.24) is 0 Å². The molecule has 0 saturated carbocycles. The Kier molecular flexibility index (Phi) is 5.95. The van der Waals surface area contributed by atoms with Crippen LogP contribution in [0.3, 0.4) is 0 Å². The van der Waals surface area contributed by atoms with Crippen LogP contribution in [0.5, 0.6) is 11.5 Å². The Bertz CT molecular complexity index is 945. The predicted molar refractivity (Wildman–Crippen MR) is 113 cm³/mol. The molecule has 0 saturated heterocycles. The van der Waals surface area contributed by atoms with Crippen LogP contribution >= 0.6 is 22.6 Å². The number of ether oxygens (including phenoxy) is 3. The lowest BCUT2D eigenvalue weighted by Gasteiger charge is -2.11. The third kappa shape index (κ3) is 4.77. The normalized spacial score (nSPS) is 14.7. The monoisotopic (exact) mass is 475 g/mol. The molecule has 0 aromatic heterocycles. The fourth-order valence-electron chi connectivity index (χ4n) is 2.38. The molecule has 0 unspecified atom stereocenters. The minimum absolute atomic E-state index is 0.236. The van der Waals surface area contributed by atoms with Crippen molar-refractivity contribution in [3.63, 3.8) is 0 Å². The molecule has 1 heterocycles. The van der Waals surface area contributed by atoms with Gasteiger partial charge in [0.05, 0.1) is 7.11 Å². The number of halogens is 1. The third-order valence-corrected chi connectivity index (χ3v) is 4.40. The first kappa shape index (κ1) is 19.2. The van der Waals surface area contributed by atoms with Crippen LogP contribution in [-0.4, -0.2) is 25.6 Å². The largest absolute Gasteiger partial charge is 0.493 e. The van der Waals surface area contributed by atoms with Gasteiger partial charge >= 0.3 is 5.97 Å². The number of benzene rings is 2. The Hall–Kier alpha value is -2.61. The first-order valence-corrected chi connectivity index (χ1v) is 9.28. The lowest BCUT2D eigenvalue weighted by atomic mass is 10.1. The van der Waals surface area contributed by atoms with Gasteiger partial charge in [-0.25, -0.2) is 9.79 Å². The molecule has 0 atom stereocenters. The number of hydrogen-bond donors (Lipinski definition) is 0. The third-order valence-electron chi connectivity index (χ3n) is 3.68. The fraction of sp³-hybridized carbons (Fsp3) is 0.143. The predicted octanol–water partition coefficient (Wildman–Crippen LogP) is 4.60. The molecule has 6 heteroatoms. The van der Waals surface area contributed by atoms with Crippen LogP contribution in [0, 0.1) is 3.57 Å². The molecular formula is C21H18INO4. The lowest BCUT2D eigenvalue weighted by Crippen LogP contribution is -2.05. The molecule has 0 fully saturated rings. The van der Waals surface area contributed by atoms with Gasteiger partial charge in [0, 0.05) is 9.13 Å². The molecule has 0 bridgehead atoms. The van der Waals surface area contributed by atoms with Gasteiger partial charge in [-0.05, 0) is 83.1 Å². The lowest BCUT2D eigenvalue weighted by molar-refractivity contribution is -0.129. The second kappa shape index (κ2) is 8.39. The van der Waals surface area contributed by atoms with Gasteiger partial charge in [0.25, 0.3) is 0 Å². The van der Waals surface area contributed by atoms with Crippen LogP contribution < -0.4 is 9.47 Å². The molecule has 0 radical (unpaired) electrons. The number of carbonyl (C=O) groups is 1. The van der Waals surface area contributed by atoms with Crippen molar-refractivity contribution in [1.29, 1.82) is 0 Å².